The second-order valence-corrected chi connectivity index (χ2v) is 4.97. The van der Waals surface area contributed by atoms with Crippen LogP contribution < -0.4 is 21.5 Å². The maximum atomic E-state index is 9.10. The zero-order valence-corrected chi connectivity index (χ0v) is 12.5. The van der Waals surface area contributed by atoms with Crippen LogP contribution in [-0.2, 0) is 6.54 Å². The molecular weight excluding hydrogens is 320 g/mol. The molecule has 94 valence electrons. The summed E-state index contributed by atoms with van der Waals surface area (Å²) in [5.41, 5.74) is 5.14. The van der Waals surface area contributed by atoms with Gasteiger partial charge >= 0.3 is 0 Å². The summed E-state index contributed by atoms with van der Waals surface area (Å²) >= 11 is 1.73. The summed E-state index contributed by atoms with van der Waals surface area (Å²) in [5, 5.41) is 9.10. The molecule has 1 aromatic heterocycles. The zero-order valence-electron chi connectivity index (χ0n) is 10.1. The van der Waals surface area contributed by atoms with Gasteiger partial charge in [-0.25, -0.2) is 0 Å². The van der Waals surface area contributed by atoms with Gasteiger partial charge in [0.1, 0.15) is 4.70 Å². The highest BCUT2D eigenvalue weighted by Crippen LogP contribution is 2.16. The molecule has 0 aliphatic carbocycles. The molecule has 0 radical (unpaired) electrons. The van der Waals surface area contributed by atoms with Crippen LogP contribution in [0.5, 0.6) is 0 Å². The summed E-state index contributed by atoms with van der Waals surface area (Å²) < 4.78 is 3.46. The van der Waals surface area contributed by atoms with E-state index < -0.39 is 0 Å². The normalized spacial score (nSPS) is 9.84. The molecule has 0 saturated carbocycles. The summed E-state index contributed by atoms with van der Waals surface area (Å²) in [4.78, 5) is 0. The van der Waals surface area contributed by atoms with Gasteiger partial charge < -0.3 is 17.0 Å². The van der Waals surface area contributed by atoms with Crippen molar-refractivity contribution in [3.05, 3.63) is 65.2 Å². The molecule has 1 heterocycles. The third-order valence-electron chi connectivity index (χ3n) is 2.96. The molecule has 19 heavy (non-hydrogen) atoms. The van der Waals surface area contributed by atoms with Crippen LogP contribution in [0, 0.1) is 11.3 Å². The van der Waals surface area contributed by atoms with Gasteiger partial charge in [-0.3, -0.25) is 0 Å². The van der Waals surface area contributed by atoms with Crippen molar-refractivity contribution >= 4 is 21.6 Å². The largest absolute Gasteiger partial charge is 1.00 e. The van der Waals surface area contributed by atoms with Crippen molar-refractivity contribution in [1.29, 1.82) is 5.26 Å². The Labute approximate surface area is 126 Å². The molecule has 4 heteroatoms. The Morgan fingerprint density at radius 1 is 1.05 bits per heavy atom. The van der Waals surface area contributed by atoms with Crippen LogP contribution in [0.2, 0.25) is 0 Å². The van der Waals surface area contributed by atoms with Gasteiger partial charge in [0, 0.05) is 11.6 Å². The summed E-state index contributed by atoms with van der Waals surface area (Å²) in [6, 6.07) is 18.3. The number of rotatable bonds is 2. The van der Waals surface area contributed by atoms with E-state index in [-0.39, 0.29) is 17.0 Å². The Balaban J connectivity index is 0.00000133. The number of para-hydroxylation sites is 1. The highest BCUT2D eigenvalue weighted by atomic mass is 79.9. The first-order chi connectivity index (χ1) is 8.88. The van der Waals surface area contributed by atoms with Crippen LogP contribution in [0.4, 0.5) is 0 Å². The fraction of sp³-hybridized carbons (Fsp3) is 0.0667. The molecule has 0 atom stereocenters. The van der Waals surface area contributed by atoms with Crippen LogP contribution in [0.25, 0.3) is 10.2 Å². The SMILES string of the molecule is N#Cc1ccccc1C[n+]1csc2ccccc21.[Br-]. The van der Waals surface area contributed by atoms with Gasteiger partial charge in [-0.15, -0.1) is 0 Å². The van der Waals surface area contributed by atoms with E-state index in [1.807, 2.05) is 36.4 Å². The molecular formula is C15H11BrN2S. The molecule has 0 aliphatic heterocycles. The van der Waals surface area contributed by atoms with Crippen LogP contribution in [0.3, 0.4) is 0 Å². The molecule has 2 aromatic carbocycles. The third-order valence-corrected chi connectivity index (χ3v) is 3.92. The minimum atomic E-state index is 0. The molecule has 0 spiro atoms. The Morgan fingerprint density at radius 2 is 1.79 bits per heavy atom. The minimum absolute atomic E-state index is 0. The molecule has 2 nitrogen and oxygen atoms in total. The van der Waals surface area contributed by atoms with E-state index in [0.29, 0.717) is 0 Å². The molecule has 0 aliphatic rings. The van der Waals surface area contributed by atoms with Gasteiger partial charge in [-0.05, 0) is 12.1 Å². The summed E-state index contributed by atoms with van der Waals surface area (Å²) in [7, 11) is 0. The number of thiazole rings is 1. The van der Waals surface area contributed by atoms with E-state index in [4.69, 9.17) is 5.26 Å². The van der Waals surface area contributed by atoms with E-state index in [0.717, 1.165) is 17.7 Å². The number of nitriles is 1. The van der Waals surface area contributed by atoms with Crippen LogP contribution in [0.1, 0.15) is 11.1 Å². The average molecular weight is 331 g/mol. The summed E-state index contributed by atoms with van der Waals surface area (Å²) in [6.07, 6.45) is 0. The van der Waals surface area contributed by atoms with Gasteiger partial charge in [-0.1, -0.05) is 41.7 Å². The van der Waals surface area contributed by atoms with Crippen molar-refractivity contribution in [2.75, 3.05) is 0 Å². The fourth-order valence-electron chi connectivity index (χ4n) is 2.04. The first-order valence-corrected chi connectivity index (χ1v) is 6.60. The molecule has 0 bridgehead atoms. The molecule has 3 aromatic rings. The van der Waals surface area contributed by atoms with E-state index >= 15 is 0 Å². The standard InChI is InChI=1S/C15H11N2S.BrH/c16-9-12-5-1-2-6-13(12)10-17-11-18-15-8-4-3-7-14(15)17;/h1-8,11H,10H2;1H/q+1;/p-1. The van der Waals surface area contributed by atoms with Crippen molar-refractivity contribution in [3.8, 4) is 6.07 Å². The topological polar surface area (TPSA) is 27.7 Å². The van der Waals surface area contributed by atoms with Gasteiger partial charge in [0.2, 0.25) is 11.0 Å². The lowest BCUT2D eigenvalue weighted by Gasteiger charge is -1.98. The number of fused-ring (bicyclic) bond motifs is 1. The number of hydrogen-bond acceptors (Lipinski definition) is 2. The number of hydrogen-bond donors (Lipinski definition) is 0. The number of benzene rings is 2. The van der Waals surface area contributed by atoms with Crippen molar-refractivity contribution < 1.29 is 21.5 Å². The lowest BCUT2D eigenvalue weighted by Crippen LogP contribution is -3.00. The Hall–Kier alpha value is -1.70. The van der Waals surface area contributed by atoms with Gasteiger partial charge in [0.15, 0.2) is 6.54 Å². The third kappa shape index (κ3) is 2.67. The van der Waals surface area contributed by atoms with E-state index in [1.165, 1.54) is 10.2 Å². The minimum Gasteiger partial charge on any atom is -1.00 e. The van der Waals surface area contributed by atoms with Gasteiger partial charge in [-0.2, -0.15) is 9.83 Å². The van der Waals surface area contributed by atoms with Crippen LogP contribution >= 0.6 is 11.3 Å². The Bertz CT molecular complexity index is 743. The summed E-state index contributed by atoms with van der Waals surface area (Å²) in [6.45, 7) is 0.744. The predicted molar refractivity (Wildman–Crippen MR) is 72.3 cm³/mol. The van der Waals surface area contributed by atoms with E-state index in [2.05, 4.69) is 28.3 Å². The van der Waals surface area contributed by atoms with Crippen molar-refractivity contribution in [3.63, 3.8) is 0 Å². The number of halogens is 1. The molecule has 0 unspecified atom stereocenters. The second-order valence-electron chi connectivity index (χ2n) is 4.09. The lowest BCUT2D eigenvalue weighted by atomic mass is 10.1. The molecule has 3 rings (SSSR count). The first-order valence-electron chi connectivity index (χ1n) is 5.72. The Kier molecular flexibility index (Phi) is 4.31. The molecule has 0 fully saturated rings. The van der Waals surface area contributed by atoms with Crippen molar-refractivity contribution in [2.24, 2.45) is 0 Å². The molecule has 0 amide bonds. The maximum absolute atomic E-state index is 9.10. The monoisotopic (exact) mass is 330 g/mol. The Morgan fingerprint density at radius 3 is 2.63 bits per heavy atom. The predicted octanol–water partition coefficient (Wildman–Crippen LogP) is 0.113. The van der Waals surface area contributed by atoms with Crippen molar-refractivity contribution in [2.45, 2.75) is 6.54 Å². The first kappa shape index (κ1) is 13.7. The fourth-order valence-corrected chi connectivity index (χ4v) is 2.94. The lowest BCUT2D eigenvalue weighted by molar-refractivity contribution is -0.658. The zero-order chi connectivity index (χ0) is 12.4. The van der Waals surface area contributed by atoms with Crippen molar-refractivity contribution in [1.82, 2.24) is 0 Å². The number of aromatic nitrogens is 1. The van der Waals surface area contributed by atoms with Gasteiger partial charge in [0.05, 0.1) is 11.6 Å². The highest BCUT2D eigenvalue weighted by molar-refractivity contribution is 7.16. The summed E-state index contributed by atoms with van der Waals surface area (Å²) in [5.74, 6) is 0. The van der Waals surface area contributed by atoms with Crippen LogP contribution in [0.15, 0.2) is 54.0 Å². The number of nitrogens with zero attached hydrogens (tertiary/aromatic N) is 2. The highest BCUT2D eigenvalue weighted by Gasteiger charge is 2.13. The smallest absolute Gasteiger partial charge is 0.226 e. The van der Waals surface area contributed by atoms with E-state index in [9.17, 15) is 0 Å². The van der Waals surface area contributed by atoms with E-state index in [1.54, 1.807) is 11.3 Å². The molecule has 0 N–H and O–H groups in total. The quantitative estimate of drug-likeness (QED) is 0.613. The van der Waals surface area contributed by atoms with Crippen LogP contribution in [-0.4, -0.2) is 0 Å². The van der Waals surface area contributed by atoms with Gasteiger partial charge in [0.25, 0.3) is 0 Å². The molecule has 0 saturated heterocycles. The second kappa shape index (κ2) is 5.96. The average Bonchev–Trinajstić information content (AvgIpc) is 2.83. The maximum Gasteiger partial charge on any atom is 0.226 e.